The van der Waals surface area contributed by atoms with Crippen molar-refractivity contribution in [1.82, 2.24) is 9.88 Å². The summed E-state index contributed by atoms with van der Waals surface area (Å²) in [7, 11) is 1.67. The van der Waals surface area contributed by atoms with Crippen LogP contribution in [0.15, 0.2) is 54.7 Å². The van der Waals surface area contributed by atoms with Crippen molar-refractivity contribution in [2.45, 2.75) is 18.9 Å². The lowest BCUT2D eigenvalue weighted by atomic mass is 10.0. The van der Waals surface area contributed by atoms with Crippen molar-refractivity contribution in [3.8, 4) is 22.6 Å². The molecule has 1 amide bonds. The number of aromatic nitrogens is 1. The SMILES string of the molecule is COc1ccc2ncc(-c3ccc(OC4CCN(C=O)CC4)cc3)cc2c1. The van der Waals surface area contributed by atoms with Crippen LogP contribution in [0.3, 0.4) is 0 Å². The molecule has 0 bridgehead atoms. The van der Waals surface area contributed by atoms with Crippen molar-refractivity contribution < 1.29 is 14.3 Å². The Morgan fingerprint density at radius 1 is 1.00 bits per heavy atom. The maximum absolute atomic E-state index is 10.8. The van der Waals surface area contributed by atoms with E-state index < -0.39 is 0 Å². The Labute approximate surface area is 158 Å². The van der Waals surface area contributed by atoms with Gasteiger partial charge in [-0.3, -0.25) is 9.78 Å². The molecule has 1 saturated heterocycles. The van der Waals surface area contributed by atoms with Gasteiger partial charge in [0.15, 0.2) is 0 Å². The first-order chi connectivity index (χ1) is 13.2. The van der Waals surface area contributed by atoms with Crippen LogP contribution < -0.4 is 9.47 Å². The summed E-state index contributed by atoms with van der Waals surface area (Å²) in [5.74, 6) is 1.68. The number of nitrogens with zero attached hydrogens (tertiary/aromatic N) is 2. The lowest BCUT2D eigenvalue weighted by Gasteiger charge is -2.29. The number of methoxy groups -OCH3 is 1. The first-order valence-electron chi connectivity index (χ1n) is 9.15. The fourth-order valence-corrected chi connectivity index (χ4v) is 3.41. The standard InChI is InChI=1S/C22H22N2O3/c1-26-21-6-7-22-17(13-21)12-18(14-23-22)16-2-4-19(5-3-16)27-20-8-10-24(15-25)11-9-20/h2-7,12-15,20H,8-11H2,1H3. The Morgan fingerprint density at radius 3 is 2.44 bits per heavy atom. The average molecular weight is 362 g/mol. The van der Waals surface area contributed by atoms with Gasteiger partial charge in [0, 0.05) is 43.1 Å². The van der Waals surface area contributed by atoms with E-state index in [1.165, 1.54) is 0 Å². The summed E-state index contributed by atoms with van der Waals surface area (Å²) in [6.45, 7) is 1.52. The number of amides is 1. The molecule has 2 heterocycles. The molecule has 2 aromatic carbocycles. The van der Waals surface area contributed by atoms with Crippen molar-refractivity contribution in [2.24, 2.45) is 0 Å². The van der Waals surface area contributed by atoms with Gasteiger partial charge in [0.1, 0.15) is 17.6 Å². The summed E-state index contributed by atoms with van der Waals surface area (Å²) in [5, 5.41) is 1.05. The number of fused-ring (bicyclic) bond motifs is 1. The van der Waals surface area contributed by atoms with Crippen molar-refractivity contribution in [3.63, 3.8) is 0 Å². The zero-order chi connectivity index (χ0) is 18.6. The van der Waals surface area contributed by atoms with Gasteiger partial charge in [0.2, 0.25) is 6.41 Å². The second-order valence-electron chi connectivity index (χ2n) is 6.77. The minimum Gasteiger partial charge on any atom is -0.497 e. The Hall–Kier alpha value is -3.08. The Kier molecular flexibility index (Phi) is 4.92. The highest BCUT2D eigenvalue weighted by Gasteiger charge is 2.19. The van der Waals surface area contributed by atoms with Crippen LogP contribution in [0.2, 0.25) is 0 Å². The van der Waals surface area contributed by atoms with E-state index in [1.54, 1.807) is 12.0 Å². The second kappa shape index (κ2) is 7.66. The Morgan fingerprint density at radius 2 is 1.74 bits per heavy atom. The van der Waals surface area contributed by atoms with Crippen molar-refractivity contribution >= 4 is 17.3 Å². The van der Waals surface area contributed by atoms with Crippen LogP contribution in [0.5, 0.6) is 11.5 Å². The molecular formula is C22H22N2O3. The number of carbonyl (C=O) groups is 1. The molecule has 0 radical (unpaired) electrons. The molecule has 1 aromatic heterocycles. The van der Waals surface area contributed by atoms with Gasteiger partial charge in [0.25, 0.3) is 0 Å². The molecule has 0 unspecified atom stereocenters. The molecule has 0 N–H and O–H groups in total. The lowest BCUT2D eigenvalue weighted by Crippen LogP contribution is -2.37. The number of rotatable bonds is 5. The van der Waals surface area contributed by atoms with Crippen molar-refractivity contribution in [3.05, 3.63) is 54.7 Å². The molecule has 1 fully saturated rings. The molecule has 5 nitrogen and oxygen atoms in total. The summed E-state index contributed by atoms with van der Waals surface area (Å²) in [5.41, 5.74) is 3.10. The number of ether oxygens (including phenoxy) is 2. The molecule has 0 spiro atoms. The smallest absolute Gasteiger partial charge is 0.209 e. The van der Waals surface area contributed by atoms with Gasteiger partial charge >= 0.3 is 0 Å². The zero-order valence-electron chi connectivity index (χ0n) is 15.3. The van der Waals surface area contributed by atoms with E-state index in [4.69, 9.17) is 9.47 Å². The minimum atomic E-state index is 0.168. The van der Waals surface area contributed by atoms with Crippen LogP contribution in [0.4, 0.5) is 0 Å². The van der Waals surface area contributed by atoms with E-state index in [0.29, 0.717) is 0 Å². The Bertz CT molecular complexity index is 932. The number of hydrogen-bond acceptors (Lipinski definition) is 4. The van der Waals surface area contributed by atoms with Gasteiger partial charge in [0.05, 0.1) is 12.6 Å². The third kappa shape index (κ3) is 3.87. The van der Waals surface area contributed by atoms with E-state index in [9.17, 15) is 4.79 Å². The summed E-state index contributed by atoms with van der Waals surface area (Å²) in [6.07, 6.45) is 4.72. The highest BCUT2D eigenvalue weighted by Crippen LogP contribution is 2.27. The predicted molar refractivity (Wildman–Crippen MR) is 105 cm³/mol. The molecule has 1 aliphatic heterocycles. The number of likely N-dealkylation sites (tertiary alicyclic amines) is 1. The third-order valence-electron chi connectivity index (χ3n) is 5.00. The fourth-order valence-electron chi connectivity index (χ4n) is 3.41. The number of piperidine rings is 1. The molecule has 1 aliphatic rings. The molecule has 0 atom stereocenters. The van der Waals surface area contributed by atoms with Crippen molar-refractivity contribution in [2.75, 3.05) is 20.2 Å². The highest BCUT2D eigenvalue weighted by atomic mass is 16.5. The molecule has 0 saturated carbocycles. The van der Waals surface area contributed by atoms with Gasteiger partial charge in [-0.2, -0.15) is 0 Å². The highest BCUT2D eigenvalue weighted by molar-refractivity contribution is 5.84. The van der Waals surface area contributed by atoms with E-state index in [0.717, 1.165) is 65.9 Å². The largest absolute Gasteiger partial charge is 0.497 e. The molecule has 0 aliphatic carbocycles. The monoisotopic (exact) mass is 362 g/mol. The first-order valence-corrected chi connectivity index (χ1v) is 9.15. The summed E-state index contributed by atoms with van der Waals surface area (Å²) in [4.78, 5) is 17.1. The third-order valence-corrected chi connectivity index (χ3v) is 5.00. The Balaban J connectivity index is 1.48. The van der Waals surface area contributed by atoms with E-state index in [1.807, 2.05) is 36.5 Å². The van der Waals surface area contributed by atoms with Gasteiger partial charge in [-0.1, -0.05) is 12.1 Å². The molecule has 4 rings (SSSR count). The van der Waals surface area contributed by atoms with Crippen LogP contribution in [0, 0.1) is 0 Å². The minimum absolute atomic E-state index is 0.168. The number of benzene rings is 2. The van der Waals surface area contributed by atoms with Crippen LogP contribution in [0.25, 0.3) is 22.0 Å². The normalized spacial score (nSPS) is 14.9. The number of carbonyl (C=O) groups excluding carboxylic acids is 1. The molecular weight excluding hydrogens is 340 g/mol. The van der Waals surface area contributed by atoms with Gasteiger partial charge in [-0.25, -0.2) is 0 Å². The predicted octanol–water partition coefficient (Wildman–Crippen LogP) is 3.91. The maximum atomic E-state index is 10.8. The number of pyridine rings is 1. The lowest BCUT2D eigenvalue weighted by molar-refractivity contribution is -0.119. The van der Waals surface area contributed by atoms with Gasteiger partial charge < -0.3 is 14.4 Å². The molecule has 3 aromatic rings. The van der Waals surface area contributed by atoms with Crippen LogP contribution in [-0.2, 0) is 4.79 Å². The van der Waals surface area contributed by atoms with Crippen LogP contribution >= 0.6 is 0 Å². The summed E-state index contributed by atoms with van der Waals surface area (Å²) in [6, 6.07) is 16.1. The maximum Gasteiger partial charge on any atom is 0.209 e. The first kappa shape index (κ1) is 17.3. The second-order valence-corrected chi connectivity index (χ2v) is 6.77. The summed E-state index contributed by atoms with van der Waals surface area (Å²) >= 11 is 0. The fraction of sp³-hybridized carbons (Fsp3) is 0.273. The van der Waals surface area contributed by atoms with E-state index in [-0.39, 0.29) is 6.10 Å². The van der Waals surface area contributed by atoms with Crippen LogP contribution in [0.1, 0.15) is 12.8 Å². The number of hydrogen-bond donors (Lipinski definition) is 0. The molecule has 138 valence electrons. The zero-order valence-corrected chi connectivity index (χ0v) is 15.3. The van der Waals surface area contributed by atoms with Gasteiger partial charge in [-0.05, 0) is 42.0 Å². The summed E-state index contributed by atoms with van der Waals surface area (Å²) < 4.78 is 11.4. The van der Waals surface area contributed by atoms with Crippen LogP contribution in [-0.4, -0.2) is 42.6 Å². The van der Waals surface area contributed by atoms with E-state index in [2.05, 4.69) is 23.2 Å². The van der Waals surface area contributed by atoms with Gasteiger partial charge in [-0.15, -0.1) is 0 Å². The van der Waals surface area contributed by atoms with Crippen molar-refractivity contribution in [1.29, 1.82) is 0 Å². The molecule has 5 heteroatoms. The van der Waals surface area contributed by atoms with E-state index >= 15 is 0 Å². The average Bonchev–Trinajstić information content (AvgIpc) is 2.74. The molecule has 27 heavy (non-hydrogen) atoms. The topological polar surface area (TPSA) is 51.7 Å². The quantitative estimate of drug-likeness (QED) is 0.646.